The molecule has 2 rings (SSSR count). The number of fused-ring (bicyclic) bond motifs is 1. The zero-order valence-electron chi connectivity index (χ0n) is 9.74. The first-order valence-electron chi connectivity index (χ1n) is 5.92. The van der Waals surface area contributed by atoms with Crippen molar-refractivity contribution in [3.05, 3.63) is 29.3 Å². The summed E-state index contributed by atoms with van der Waals surface area (Å²) in [6, 6.07) is 5.99. The summed E-state index contributed by atoms with van der Waals surface area (Å²) in [4.78, 5) is 11.3. The molecular formula is C13H17NO3. The molecular weight excluding hydrogens is 218 g/mol. The Morgan fingerprint density at radius 2 is 2.18 bits per heavy atom. The van der Waals surface area contributed by atoms with Gasteiger partial charge in [-0.25, -0.2) is 0 Å². The predicted molar refractivity (Wildman–Crippen MR) is 64.1 cm³/mol. The number of rotatable bonds is 5. The number of carbonyl (C=O) groups excluding carboxylic acids is 1. The minimum atomic E-state index is -0.209. The van der Waals surface area contributed by atoms with Gasteiger partial charge in [0.25, 0.3) is 5.91 Å². The zero-order chi connectivity index (χ0) is 12.1. The molecule has 0 radical (unpaired) electrons. The van der Waals surface area contributed by atoms with E-state index in [1.165, 1.54) is 17.5 Å². The Hall–Kier alpha value is -1.55. The average Bonchev–Trinajstić information content (AvgIpc) is 2.81. The van der Waals surface area contributed by atoms with Crippen LogP contribution in [0.1, 0.15) is 17.5 Å². The summed E-state index contributed by atoms with van der Waals surface area (Å²) >= 11 is 0. The highest BCUT2D eigenvalue weighted by Crippen LogP contribution is 2.25. The molecule has 0 saturated heterocycles. The molecule has 4 heteroatoms. The Bertz CT molecular complexity index is 404. The van der Waals surface area contributed by atoms with Crippen LogP contribution in [-0.4, -0.2) is 30.8 Å². The summed E-state index contributed by atoms with van der Waals surface area (Å²) in [5.41, 5.74) is 2.72. The lowest BCUT2D eigenvalue weighted by Crippen LogP contribution is -2.31. The zero-order valence-corrected chi connectivity index (χ0v) is 9.74. The topological polar surface area (TPSA) is 58.6 Å². The van der Waals surface area contributed by atoms with Crippen LogP contribution in [-0.2, 0) is 17.6 Å². The van der Waals surface area contributed by atoms with Gasteiger partial charge in [-0.2, -0.15) is 0 Å². The van der Waals surface area contributed by atoms with Gasteiger partial charge >= 0.3 is 0 Å². The summed E-state index contributed by atoms with van der Waals surface area (Å²) in [7, 11) is 0. The minimum Gasteiger partial charge on any atom is -0.484 e. The lowest BCUT2D eigenvalue weighted by molar-refractivity contribution is -0.123. The molecule has 4 nitrogen and oxygen atoms in total. The van der Waals surface area contributed by atoms with E-state index in [1.54, 1.807) is 0 Å². The van der Waals surface area contributed by atoms with Crippen LogP contribution >= 0.6 is 0 Å². The van der Waals surface area contributed by atoms with E-state index < -0.39 is 0 Å². The van der Waals surface area contributed by atoms with Crippen LogP contribution in [0.15, 0.2) is 18.2 Å². The molecule has 0 fully saturated rings. The van der Waals surface area contributed by atoms with Crippen molar-refractivity contribution in [1.29, 1.82) is 0 Å². The molecule has 0 saturated carbocycles. The molecule has 0 aliphatic heterocycles. The van der Waals surface area contributed by atoms with E-state index in [-0.39, 0.29) is 25.7 Å². The Morgan fingerprint density at radius 1 is 1.35 bits per heavy atom. The Labute approximate surface area is 101 Å². The molecule has 0 unspecified atom stereocenters. The maximum atomic E-state index is 11.3. The molecule has 1 amide bonds. The smallest absolute Gasteiger partial charge is 0.258 e. The van der Waals surface area contributed by atoms with Crippen molar-refractivity contribution in [2.24, 2.45) is 0 Å². The number of benzene rings is 1. The van der Waals surface area contributed by atoms with E-state index >= 15 is 0 Å². The van der Waals surface area contributed by atoms with Crippen molar-refractivity contribution < 1.29 is 14.6 Å². The molecule has 1 aliphatic carbocycles. The van der Waals surface area contributed by atoms with Gasteiger partial charge in [-0.3, -0.25) is 4.79 Å². The molecule has 0 aromatic heterocycles. The molecule has 17 heavy (non-hydrogen) atoms. The standard InChI is InChI=1S/C13H17NO3/c15-7-6-14-13(16)9-17-12-5-4-10-2-1-3-11(10)8-12/h4-5,8,15H,1-3,6-7,9H2,(H,14,16). The largest absolute Gasteiger partial charge is 0.484 e. The lowest BCUT2D eigenvalue weighted by Gasteiger charge is -2.08. The second-order valence-corrected chi connectivity index (χ2v) is 4.15. The first kappa shape index (κ1) is 11.9. The third-order valence-corrected chi connectivity index (χ3v) is 2.87. The van der Waals surface area contributed by atoms with E-state index in [9.17, 15) is 4.79 Å². The molecule has 2 N–H and O–H groups in total. The molecule has 1 aromatic carbocycles. The maximum absolute atomic E-state index is 11.3. The second kappa shape index (κ2) is 5.68. The van der Waals surface area contributed by atoms with Crippen molar-refractivity contribution in [2.45, 2.75) is 19.3 Å². The number of amides is 1. The van der Waals surface area contributed by atoms with Crippen LogP contribution in [0.25, 0.3) is 0 Å². The number of nitrogens with one attached hydrogen (secondary N) is 1. The summed E-state index contributed by atoms with van der Waals surface area (Å²) in [6.07, 6.45) is 3.45. The fraction of sp³-hybridized carbons (Fsp3) is 0.462. The molecule has 1 aliphatic rings. The summed E-state index contributed by atoms with van der Waals surface area (Å²) < 4.78 is 5.40. The number of hydrogen-bond donors (Lipinski definition) is 2. The molecule has 1 aromatic rings. The first-order valence-corrected chi connectivity index (χ1v) is 5.92. The number of aliphatic hydroxyl groups is 1. The second-order valence-electron chi connectivity index (χ2n) is 4.15. The van der Waals surface area contributed by atoms with Crippen LogP contribution in [0.3, 0.4) is 0 Å². The Kier molecular flexibility index (Phi) is 3.98. The van der Waals surface area contributed by atoms with Crippen molar-refractivity contribution in [2.75, 3.05) is 19.8 Å². The quantitative estimate of drug-likeness (QED) is 0.788. The molecule has 92 valence electrons. The van der Waals surface area contributed by atoms with Crippen LogP contribution in [0.4, 0.5) is 0 Å². The summed E-state index contributed by atoms with van der Waals surface area (Å²) in [6.45, 7) is 0.218. The number of carbonyl (C=O) groups is 1. The van der Waals surface area contributed by atoms with Crippen LogP contribution in [0.5, 0.6) is 5.75 Å². The van der Waals surface area contributed by atoms with Crippen molar-refractivity contribution in [3.8, 4) is 5.75 Å². The molecule has 0 atom stereocenters. The Balaban J connectivity index is 1.85. The van der Waals surface area contributed by atoms with Crippen molar-refractivity contribution >= 4 is 5.91 Å². The number of aliphatic hydroxyl groups excluding tert-OH is 1. The van der Waals surface area contributed by atoms with Crippen LogP contribution < -0.4 is 10.1 Å². The van der Waals surface area contributed by atoms with E-state index in [0.29, 0.717) is 0 Å². The lowest BCUT2D eigenvalue weighted by atomic mass is 10.1. The Morgan fingerprint density at radius 3 is 3.00 bits per heavy atom. The van der Waals surface area contributed by atoms with Crippen LogP contribution in [0.2, 0.25) is 0 Å². The summed E-state index contributed by atoms with van der Waals surface area (Å²) in [5.74, 6) is 0.532. The van der Waals surface area contributed by atoms with Gasteiger partial charge in [0.1, 0.15) is 5.75 Å². The van der Waals surface area contributed by atoms with Gasteiger partial charge in [-0.15, -0.1) is 0 Å². The highest BCUT2D eigenvalue weighted by atomic mass is 16.5. The van der Waals surface area contributed by atoms with E-state index in [0.717, 1.165) is 18.6 Å². The fourth-order valence-electron chi connectivity index (χ4n) is 2.03. The first-order chi connectivity index (χ1) is 8.29. The van der Waals surface area contributed by atoms with Gasteiger partial charge in [0.05, 0.1) is 6.61 Å². The fourth-order valence-corrected chi connectivity index (χ4v) is 2.03. The predicted octanol–water partition coefficient (Wildman–Crippen LogP) is 0.663. The molecule has 0 bridgehead atoms. The van der Waals surface area contributed by atoms with Crippen LogP contribution in [0, 0.1) is 0 Å². The van der Waals surface area contributed by atoms with Gasteiger partial charge in [-0.1, -0.05) is 6.07 Å². The van der Waals surface area contributed by atoms with E-state index in [4.69, 9.17) is 9.84 Å². The summed E-state index contributed by atoms with van der Waals surface area (Å²) in [5, 5.41) is 11.1. The van der Waals surface area contributed by atoms with Gasteiger partial charge in [-0.05, 0) is 42.5 Å². The number of ether oxygens (including phenoxy) is 1. The SMILES string of the molecule is O=C(COc1ccc2c(c1)CCC2)NCCO. The minimum absolute atomic E-state index is 0.00120. The third-order valence-electron chi connectivity index (χ3n) is 2.87. The maximum Gasteiger partial charge on any atom is 0.258 e. The number of aryl methyl sites for hydroxylation is 2. The highest BCUT2D eigenvalue weighted by molar-refractivity contribution is 5.77. The van der Waals surface area contributed by atoms with Gasteiger partial charge in [0, 0.05) is 6.54 Å². The van der Waals surface area contributed by atoms with Crippen molar-refractivity contribution in [1.82, 2.24) is 5.32 Å². The van der Waals surface area contributed by atoms with Gasteiger partial charge in [0.15, 0.2) is 6.61 Å². The monoisotopic (exact) mass is 235 g/mol. The van der Waals surface area contributed by atoms with E-state index in [1.807, 2.05) is 12.1 Å². The van der Waals surface area contributed by atoms with E-state index in [2.05, 4.69) is 11.4 Å². The average molecular weight is 235 g/mol. The normalized spacial score (nSPS) is 13.2. The third kappa shape index (κ3) is 3.20. The van der Waals surface area contributed by atoms with Gasteiger partial charge < -0.3 is 15.2 Å². The number of hydrogen-bond acceptors (Lipinski definition) is 3. The molecule has 0 spiro atoms. The van der Waals surface area contributed by atoms with Crippen molar-refractivity contribution in [3.63, 3.8) is 0 Å². The molecule has 0 heterocycles. The van der Waals surface area contributed by atoms with Gasteiger partial charge in [0.2, 0.25) is 0 Å². The highest BCUT2D eigenvalue weighted by Gasteiger charge is 2.11.